The van der Waals surface area contributed by atoms with Crippen molar-refractivity contribution in [3.8, 4) is 44.5 Å². The van der Waals surface area contributed by atoms with Gasteiger partial charge in [0.2, 0.25) is 0 Å². The Morgan fingerprint density at radius 2 is 0.768 bits per heavy atom. The summed E-state index contributed by atoms with van der Waals surface area (Å²) in [7, 11) is 0. The number of rotatable bonds is 2. The summed E-state index contributed by atoms with van der Waals surface area (Å²) >= 11 is 1.91. The lowest BCUT2D eigenvalue weighted by atomic mass is 9.70. The first-order valence-corrected chi connectivity index (χ1v) is 20.3. The van der Waals surface area contributed by atoms with Crippen molar-refractivity contribution in [3.05, 3.63) is 216 Å². The van der Waals surface area contributed by atoms with Crippen LogP contribution in [-0.4, -0.2) is 0 Å². The van der Waals surface area contributed by atoms with Crippen molar-refractivity contribution in [1.82, 2.24) is 0 Å². The molecule has 1 atom stereocenters. The van der Waals surface area contributed by atoms with E-state index in [1.807, 2.05) is 11.3 Å². The molecule has 0 saturated carbocycles. The second-order valence-electron chi connectivity index (χ2n) is 15.5. The summed E-state index contributed by atoms with van der Waals surface area (Å²) < 4.78 is 2.69. The summed E-state index contributed by atoms with van der Waals surface area (Å²) in [5, 5.41) is 10.4. The lowest BCUT2D eigenvalue weighted by molar-refractivity contribution is 0.795. The molecule has 1 spiro atoms. The fourth-order valence-electron chi connectivity index (χ4n) is 10.6. The van der Waals surface area contributed by atoms with E-state index in [2.05, 4.69) is 194 Å². The van der Waals surface area contributed by atoms with Crippen molar-refractivity contribution in [2.75, 3.05) is 0 Å². The predicted octanol–water partition coefficient (Wildman–Crippen LogP) is 15.2. The van der Waals surface area contributed by atoms with Gasteiger partial charge in [-0.25, -0.2) is 0 Å². The largest absolute Gasteiger partial charge is 0.135 e. The van der Waals surface area contributed by atoms with Crippen molar-refractivity contribution in [2.45, 2.75) is 5.41 Å². The van der Waals surface area contributed by atoms with Crippen LogP contribution in [0.2, 0.25) is 0 Å². The molecule has 0 amide bonds. The minimum atomic E-state index is -0.435. The minimum absolute atomic E-state index is 0.435. The van der Waals surface area contributed by atoms with E-state index in [0.717, 1.165) is 0 Å². The van der Waals surface area contributed by atoms with Crippen molar-refractivity contribution in [1.29, 1.82) is 0 Å². The van der Waals surface area contributed by atoms with Crippen molar-refractivity contribution in [3.63, 3.8) is 0 Å². The summed E-state index contributed by atoms with van der Waals surface area (Å²) in [6, 6.07) is 73.3. The maximum absolute atomic E-state index is 2.55. The highest BCUT2D eigenvalue weighted by Gasteiger charge is 2.52. The summed E-state index contributed by atoms with van der Waals surface area (Å²) in [4.78, 5) is 0. The van der Waals surface area contributed by atoms with Crippen LogP contribution >= 0.6 is 11.3 Å². The predicted molar refractivity (Wildman–Crippen MR) is 239 cm³/mol. The molecule has 0 N–H and O–H groups in total. The quantitative estimate of drug-likeness (QED) is 0.156. The van der Waals surface area contributed by atoms with Gasteiger partial charge in [0, 0.05) is 20.2 Å². The van der Waals surface area contributed by atoms with Crippen LogP contribution in [0.3, 0.4) is 0 Å². The van der Waals surface area contributed by atoms with Gasteiger partial charge in [-0.3, -0.25) is 0 Å². The highest BCUT2D eigenvalue weighted by Crippen LogP contribution is 2.64. The minimum Gasteiger partial charge on any atom is -0.135 e. The van der Waals surface area contributed by atoms with Crippen LogP contribution in [0.5, 0.6) is 0 Å². The molecule has 13 rings (SSSR count). The first-order valence-electron chi connectivity index (χ1n) is 19.5. The molecule has 2 aliphatic carbocycles. The lowest BCUT2D eigenvalue weighted by Gasteiger charge is -2.31. The van der Waals surface area contributed by atoms with E-state index in [4.69, 9.17) is 0 Å². The van der Waals surface area contributed by atoms with Gasteiger partial charge in [0.15, 0.2) is 0 Å². The molecule has 2 aliphatic rings. The zero-order chi connectivity index (χ0) is 36.5. The molecule has 0 radical (unpaired) electrons. The molecule has 0 saturated heterocycles. The third-order valence-electron chi connectivity index (χ3n) is 12.9. The van der Waals surface area contributed by atoms with Gasteiger partial charge in [-0.1, -0.05) is 158 Å². The molecule has 1 unspecified atom stereocenters. The Morgan fingerprint density at radius 3 is 1.46 bits per heavy atom. The van der Waals surface area contributed by atoms with Gasteiger partial charge >= 0.3 is 0 Å². The molecule has 1 aromatic heterocycles. The Balaban J connectivity index is 1.13. The number of benzene rings is 10. The number of hydrogen-bond donors (Lipinski definition) is 0. The van der Waals surface area contributed by atoms with E-state index in [1.165, 1.54) is 119 Å². The number of thiophene rings is 1. The molecule has 1 heterocycles. The molecule has 10 aromatic carbocycles. The molecular formula is C55H32S. The molecular weight excluding hydrogens is 693 g/mol. The Hall–Kier alpha value is -6.80. The van der Waals surface area contributed by atoms with Gasteiger partial charge in [0.25, 0.3) is 0 Å². The average Bonchev–Trinajstić information content (AvgIpc) is 3.88. The topological polar surface area (TPSA) is 0 Å². The first-order chi connectivity index (χ1) is 27.8. The molecule has 0 bridgehead atoms. The summed E-state index contributed by atoms with van der Waals surface area (Å²) in [6.07, 6.45) is 0. The van der Waals surface area contributed by atoms with E-state index in [-0.39, 0.29) is 0 Å². The molecule has 1 heteroatoms. The highest BCUT2D eigenvalue weighted by atomic mass is 32.1. The fraction of sp³-hybridized carbons (Fsp3) is 0.0182. The highest BCUT2D eigenvalue weighted by molar-refractivity contribution is 7.25. The maximum atomic E-state index is 2.55. The van der Waals surface area contributed by atoms with E-state index in [0.29, 0.717) is 0 Å². The van der Waals surface area contributed by atoms with E-state index in [1.54, 1.807) is 0 Å². The zero-order valence-corrected chi connectivity index (χ0v) is 31.2. The van der Waals surface area contributed by atoms with Crippen LogP contribution in [0.15, 0.2) is 194 Å². The molecule has 258 valence electrons. The lowest BCUT2D eigenvalue weighted by Crippen LogP contribution is -2.25. The molecule has 0 aliphatic heterocycles. The molecule has 0 nitrogen and oxygen atoms in total. The number of fused-ring (bicyclic) bond motifs is 18. The third kappa shape index (κ3) is 3.88. The number of hydrogen-bond acceptors (Lipinski definition) is 1. The summed E-state index contributed by atoms with van der Waals surface area (Å²) in [5.74, 6) is 0. The van der Waals surface area contributed by atoms with Crippen LogP contribution in [0, 0.1) is 0 Å². The van der Waals surface area contributed by atoms with Gasteiger partial charge in [-0.2, -0.15) is 0 Å². The van der Waals surface area contributed by atoms with E-state index < -0.39 is 5.41 Å². The third-order valence-corrected chi connectivity index (χ3v) is 14.0. The van der Waals surface area contributed by atoms with Crippen molar-refractivity contribution >= 4 is 63.8 Å². The first kappa shape index (κ1) is 30.5. The summed E-state index contributed by atoms with van der Waals surface area (Å²) in [5.41, 5.74) is 15.5. The van der Waals surface area contributed by atoms with Gasteiger partial charge in [0.1, 0.15) is 0 Å². The van der Waals surface area contributed by atoms with Gasteiger partial charge < -0.3 is 0 Å². The zero-order valence-electron chi connectivity index (χ0n) is 30.4. The second-order valence-corrected chi connectivity index (χ2v) is 16.6. The van der Waals surface area contributed by atoms with E-state index in [9.17, 15) is 0 Å². The molecule has 56 heavy (non-hydrogen) atoms. The Labute approximate surface area is 328 Å². The normalized spacial score (nSPS) is 15.2. The van der Waals surface area contributed by atoms with Gasteiger partial charge in [-0.15, -0.1) is 11.3 Å². The van der Waals surface area contributed by atoms with Crippen LogP contribution < -0.4 is 0 Å². The summed E-state index contributed by atoms with van der Waals surface area (Å²) in [6.45, 7) is 0. The van der Waals surface area contributed by atoms with Crippen LogP contribution in [0.1, 0.15) is 22.3 Å². The second kappa shape index (κ2) is 11.1. The average molecular weight is 725 g/mol. The smallest absolute Gasteiger partial charge is 0.0725 e. The molecule has 11 aromatic rings. The Bertz CT molecular complexity index is 3480. The van der Waals surface area contributed by atoms with Gasteiger partial charge in [-0.05, 0) is 135 Å². The van der Waals surface area contributed by atoms with Crippen molar-refractivity contribution in [2.24, 2.45) is 0 Å². The van der Waals surface area contributed by atoms with Gasteiger partial charge in [0.05, 0.1) is 5.41 Å². The Kier molecular flexibility index (Phi) is 6.07. The SMILES string of the molecule is c1ccc(-c2cc3c4ccccc4c(-c4ccc5c(c4)C4(c6ccccc6-5)c5ccccc5-c5cc6sc7ccccc7c6cc54)cc3c3ccccc23)cc1. The van der Waals surface area contributed by atoms with E-state index >= 15 is 0 Å². The molecule has 0 fully saturated rings. The van der Waals surface area contributed by atoms with Crippen molar-refractivity contribution < 1.29 is 0 Å². The standard InChI is InChI=1S/C55H32S/c1-2-14-33(15-3-1)43-29-45-38-19-7-5-17-36(38)44(30-46(45)37-18-6-4-16-35(37)43)34-26-27-41-39-20-8-11-23-49(39)55(51(41)28-34)50-24-12-9-21-40(50)47-32-54-48(31-52(47)55)42-22-10-13-25-53(42)56-54/h1-32H. The Morgan fingerprint density at radius 1 is 0.250 bits per heavy atom. The fourth-order valence-corrected chi connectivity index (χ4v) is 11.7. The monoisotopic (exact) mass is 724 g/mol. The van der Waals surface area contributed by atoms with Crippen LogP contribution in [0.25, 0.3) is 97.0 Å². The maximum Gasteiger partial charge on any atom is 0.0725 e. The van der Waals surface area contributed by atoms with Crippen LogP contribution in [0.4, 0.5) is 0 Å². The van der Waals surface area contributed by atoms with Crippen LogP contribution in [-0.2, 0) is 5.41 Å².